The van der Waals surface area contributed by atoms with Gasteiger partial charge in [-0.2, -0.15) is 23.4 Å². The van der Waals surface area contributed by atoms with Gasteiger partial charge in [-0.05, 0) is 55.7 Å². The van der Waals surface area contributed by atoms with E-state index >= 15 is 0 Å². The van der Waals surface area contributed by atoms with E-state index < -0.39 is 12.1 Å². The monoisotopic (exact) mass is 552 g/mol. The van der Waals surface area contributed by atoms with Crippen molar-refractivity contribution in [3.8, 4) is 0 Å². The van der Waals surface area contributed by atoms with Gasteiger partial charge in [0, 0.05) is 20.1 Å². The van der Waals surface area contributed by atoms with Crippen LogP contribution in [-0.2, 0) is 48.9 Å². The molecular formula is C19H26CuF3N7OS2. The third-order valence-corrected chi connectivity index (χ3v) is 5.17. The summed E-state index contributed by atoms with van der Waals surface area (Å²) >= 11 is 10.0. The number of nitrogens with one attached hydrogen (secondary N) is 2. The van der Waals surface area contributed by atoms with Crippen LogP contribution in [-0.4, -0.2) is 59.5 Å². The molecule has 1 aliphatic rings. The number of furan rings is 1. The number of halogens is 3. The molecule has 8 nitrogen and oxygen atoms in total. The fourth-order valence-corrected chi connectivity index (χ4v) is 3.33. The van der Waals surface area contributed by atoms with Gasteiger partial charge in [-0.25, -0.2) is 0 Å². The molecule has 1 fully saturated rings. The van der Waals surface area contributed by atoms with Crippen molar-refractivity contribution in [1.82, 2.24) is 15.8 Å². The molecule has 2 heterocycles. The van der Waals surface area contributed by atoms with Crippen molar-refractivity contribution in [2.24, 2.45) is 26.1 Å². The number of hydrazone groups is 2. The summed E-state index contributed by atoms with van der Waals surface area (Å²) in [6.07, 6.45) is -3.54. The molecule has 0 saturated carbocycles. The Morgan fingerprint density at radius 3 is 2.55 bits per heavy atom. The van der Waals surface area contributed by atoms with E-state index in [1.807, 2.05) is 6.92 Å². The van der Waals surface area contributed by atoms with Crippen molar-refractivity contribution in [3.63, 3.8) is 0 Å². The molecule has 0 amide bonds. The van der Waals surface area contributed by atoms with Crippen LogP contribution in [0.4, 0.5) is 13.2 Å². The normalized spacial score (nSPS) is 19.3. The van der Waals surface area contributed by atoms with E-state index in [0.29, 0.717) is 42.5 Å². The second kappa shape index (κ2) is 13.9. The summed E-state index contributed by atoms with van der Waals surface area (Å²) in [5, 5.41) is 8.79. The SMILES string of the molecule is CCN=C([S-])N/N=C(C)/C(=N/NC([S-])=NC)c1ccc(CN2CCCC(C(F)(F)F)C2)o1.[Cu+2]. The number of piperidine rings is 1. The summed E-state index contributed by atoms with van der Waals surface area (Å²) in [7, 11) is 1.52. The van der Waals surface area contributed by atoms with Crippen LogP contribution >= 0.6 is 0 Å². The van der Waals surface area contributed by atoms with Gasteiger partial charge in [-0.15, -0.1) is 0 Å². The first kappa shape index (κ1) is 29.3. The van der Waals surface area contributed by atoms with Crippen molar-refractivity contribution >= 4 is 47.0 Å². The molecular weight excluding hydrogens is 527 g/mol. The number of hydrogen-bond acceptors (Lipinski definition) is 8. The van der Waals surface area contributed by atoms with Crippen molar-refractivity contribution in [3.05, 3.63) is 23.7 Å². The average molecular weight is 553 g/mol. The van der Waals surface area contributed by atoms with Crippen LogP contribution in [0.25, 0.3) is 0 Å². The summed E-state index contributed by atoms with van der Waals surface area (Å²) in [5.74, 6) is -0.420. The van der Waals surface area contributed by atoms with Gasteiger partial charge in [0.2, 0.25) is 0 Å². The quantitative estimate of drug-likeness (QED) is 0.178. The first-order chi connectivity index (χ1) is 15.1. The zero-order valence-corrected chi connectivity index (χ0v) is 20.9. The van der Waals surface area contributed by atoms with Crippen molar-refractivity contribution in [2.45, 2.75) is 39.4 Å². The van der Waals surface area contributed by atoms with Crippen LogP contribution in [0, 0.1) is 5.92 Å². The van der Waals surface area contributed by atoms with Gasteiger partial charge in [-0.1, -0.05) is 0 Å². The van der Waals surface area contributed by atoms with E-state index in [2.05, 4.69) is 31.0 Å². The predicted octanol–water partition coefficient (Wildman–Crippen LogP) is 2.77. The molecule has 0 aromatic carbocycles. The van der Waals surface area contributed by atoms with Crippen LogP contribution in [0.1, 0.15) is 38.2 Å². The molecule has 1 atom stereocenters. The molecule has 1 radical (unpaired) electrons. The minimum Gasteiger partial charge on any atom is -0.741 e. The Hall–Kier alpha value is -1.73. The number of hydrogen-bond donors (Lipinski definition) is 2. The van der Waals surface area contributed by atoms with E-state index in [0.717, 1.165) is 0 Å². The smallest absolute Gasteiger partial charge is 0.741 e. The van der Waals surface area contributed by atoms with E-state index in [4.69, 9.17) is 29.7 Å². The largest absolute Gasteiger partial charge is 2.00 e. The Balaban J connectivity index is 0.00000544. The van der Waals surface area contributed by atoms with Crippen molar-refractivity contribution < 1.29 is 34.7 Å². The number of nitrogens with zero attached hydrogens (tertiary/aromatic N) is 5. The first-order valence-electron chi connectivity index (χ1n) is 10.0. The van der Waals surface area contributed by atoms with Crippen LogP contribution in [0.3, 0.4) is 0 Å². The van der Waals surface area contributed by atoms with E-state index in [1.165, 1.54) is 7.05 Å². The van der Waals surface area contributed by atoms with Gasteiger partial charge in [0.1, 0.15) is 11.5 Å². The molecule has 0 bridgehead atoms. The van der Waals surface area contributed by atoms with E-state index in [9.17, 15) is 13.2 Å². The van der Waals surface area contributed by atoms with Gasteiger partial charge in [0.25, 0.3) is 0 Å². The molecule has 2 N–H and O–H groups in total. The third kappa shape index (κ3) is 9.57. The summed E-state index contributed by atoms with van der Waals surface area (Å²) < 4.78 is 45.1. The molecule has 1 aromatic heterocycles. The van der Waals surface area contributed by atoms with Crippen LogP contribution in [0.15, 0.2) is 36.7 Å². The molecule has 1 saturated heterocycles. The number of alkyl halides is 3. The summed E-state index contributed by atoms with van der Waals surface area (Å²) in [6.45, 7) is 4.86. The van der Waals surface area contributed by atoms with Gasteiger partial charge in [0.15, 0.2) is 5.76 Å². The Morgan fingerprint density at radius 1 is 1.21 bits per heavy atom. The van der Waals surface area contributed by atoms with E-state index in [-0.39, 0.29) is 46.9 Å². The topological polar surface area (TPSA) is 89.9 Å². The van der Waals surface area contributed by atoms with Crippen LogP contribution < -0.4 is 10.9 Å². The molecule has 33 heavy (non-hydrogen) atoms. The standard InChI is InChI=1S/C19H28F3N7OS2.Cu/c1-4-24-18(32)28-25-12(2)16(26-27-17(31)23-3)15-8-7-14(30-15)11-29-9-5-6-13(10-29)19(20,21)22;/h7-8,13H,4-6,9-11H2,1-3H3,(H2,23,27,31)(H2,24,28,32);/q;+2/p-2/b25-12+,26-16-;. The van der Waals surface area contributed by atoms with Gasteiger partial charge >= 0.3 is 23.2 Å². The molecule has 1 aliphatic heterocycles. The Kier molecular flexibility index (Phi) is 12.3. The van der Waals surface area contributed by atoms with Gasteiger partial charge < -0.3 is 29.7 Å². The fourth-order valence-electron chi connectivity index (χ4n) is 3.11. The van der Waals surface area contributed by atoms with Crippen LogP contribution in [0.5, 0.6) is 0 Å². The number of aliphatic imine (C=N–C) groups is 2. The van der Waals surface area contributed by atoms with Crippen LogP contribution in [0.2, 0.25) is 0 Å². The minimum atomic E-state index is -4.19. The van der Waals surface area contributed by atoms with Gasteiger partial charge in [0.05, 0.1) is 18.2 Å². The second-order valence-electron chi connectivity index (χ2n) is 7.07. The summed E-state index contributed by atoms with van der Waals surface area (Å²) in [5.41, 5.74) is 6.05. The molecule has 1 aromatic rings. The minimum absolute atomic E-state index is 0. The average Bonchev–Trinajstić information content (AvgIpc) is 3.20. The van der Waals surface area contributed by atoms with Gasteiger partial charge in [-0.3, -0.25) is 25.7 Å². The summed E-state index contributed by atoms with van der Waals surface area (Å²) in [6, 6.07) is 3.39. The third-order valence-electron chi connectivity index (χ3n) is 4.67. The Bertz CT molecular complexity index is 887. The molecule has 0 spiro atoms. The first-order valence-corrected chi connectivity index (χ1v) is 10.8. The number of amidine groups is 2. The molecule has 187 valence electrons. The zero-order chi connectivity index (χ0) is 23.7. The molecule has 0 aliphatic carbocycles. The van der Waals surface area contributed by atoms with Crippen molar-refractivity contribution in [2.75, 3.05) is 26.7 Å². The zero-order valence-electron chi connectivity index (χ0n) is 18.4. The molecule has 14 heteroatoms. The predicted molar refractivity (Wildman–Crippen MR) is 125 cm³/mol. The molecule has 1 unspecified atom stereocenters. The maximum atomic E-state index is 13.1. The summed E-state index contributed by atoms with van der Waals surface area (Å²) in [4.78, 5) is 9.58. The maximum absolute atomic E-state index is 13.1. The fraction of sp³-hybridized carbons (Fsp3) is 0.579. The Morgan fingerprint density at radius 2 is 1.91 bits per heavy atom. The van der Waals surface area contributed by atoms with Crippen molar-refractivity contribution in [1.29, 1.82) is 0 Å². The Labute approximate surface area is 212 Å². The molecule has 2 rings (SSSR count). The van der Waals surface area contributed by atoms with E-state index in [1.54, 1.807) is 24.0 Å². The number of rotatable bonds is 7. The number of likely N-dealkylation sites (tertiary alicyclic amines) is 1. The maximum Gasteiger partial charge on any atom is 2.00 e. The second-order valence-corrected chi connectivity index (χ2v) is 7.84.